The maximum absolute atomic E-state index is 10.7. The number of carbonyl (C=O) groups excluding carboxylic acids is 1. The number of aliphatic hydroxyl groups excluding tert-OH is 1. The van der Waals surface area contributed by atoms with Crippen molar-refractivity contribution in [3.05, 3.63) is 12.2 Å². The van der Waals surface area contributed by atoms with E-state index in [1.807, 2.05) is 6.92 Å². The number of carbonyl (C=O) groups is 1. The predicted molar refractivity (Wildman–Crippen MR) is 33.9 cm³/mol. The van der Waals surface area contributed by atoms with Crippen molar-refractivity contribution in [3.8, 4) is 0 Å². The lowest BCUT2D eigenvalue weighted by Crippen LogP contribution is -2.20. The molecule has 1 N–H and O–H groups in total. The molecular weight excluding hydrogens is 116 g/mol. The molecule has 0 heterocycles. The summed E-state index contributed by atoms with van der Waals surface area (Å²) in [5.74, 6) is 0.130. The Morgan fingerprint density at radius 2 is 2.44 bits per heavy atom. The summed E-state index contributed by atoms with van der Waals surface area (Å²) in [7, 11) is 0. The Labute approximate surface area is 54.2 Å². The number of aliphatic hydroxyl groups is 1. The van der Waals surface area contributed by atoms with Crippen molar-refractivity contribution in [2.24, 2.45) is 5.92 Å². The molecule has 2 nitrogen and oxygen atoms in total. The van der Waals surface area contributed by atoms with Crippen LogP contribution in [0.15, 0.2) is 12.2 Å². The van der Waals surface area contributed by atoms with Crippen molar-refractivity contribution in [2.75, 3.05) is 0 Å². The van der Waals surface area contributed by atoms with E-state index in [4.69, 9.17) is 5.11 Å². The van der Waals surface area contributed by atoms with Crippen LogP contribution in [0.3, 0.4) is 0 Å². The van der Waals surface area contributed by atoms with Crippen molar-refractivity contribution in [2.45, 2.75) is 19.4 Å². The van der Waals surface area contributed by atoms with Gasteiger partial charge in [-0.25, -0.2) is 0 Å². The van der Waals surface area contributed by atoms with Crippen molar-refractivity contribution < 1.29 is 9.90 Å². The van der Waals surface area contributed by atoms with Gasteiger partial charge in [0.15, 0.2) is 5.78 Å². The molecule has 0 aliphatic heterocycles. The summed E-state index contributed by atoms with van der Waals surface area (Å²) < 4.78 is 0. The first-order chi connectivity index (χ1) is 4.20. The number of ketones is 1. The summed E-state index contributed by atoms with van der Waals surface area (Å²) in [6, 6.07) is 0. The van der Waals surface area contributed by atoms with Crippen LogP contribution in [0.5, 0.6) is 0 Å². The summed E-state index contributed by atoms with van der Waals surface area (Å²) in [5, 5.41) is 8.96. The van der Waals surface area contributed by atoms with Crippen molar-refractivity contribution >= 4 is 5.78 Å². The van der Waals surface area contributed by atoms with Crippen LogP contribution < -0.4 is 0 Å². The monoisotopic (exact) mass is 126 g/mol. The van der Waals surface area contributed by atoms with Gasteiger partial charge in [-0.05, 0) is 12.5 Å². The smallest absolute Gasteiger partial charge is 0.158 e. The van der Waals surface area contributed by atoms with E-state index in [-0.39, 0.29) is 11.7 Å². The molecule has 0 fully saturated rings. The second kappa shape index (κ2) is 2.31. The van der Waals surface area contributed by atoms with E-state index in [0.717, 1.165) is 0 Å². The van der Waals surface area contributed by atoms with Crippen molar-refractivity contribution in [1.29, 1.82) is 0 Å². The Bertz CT molecular complexity index is 149. The van der Waals surface area contributed by atoms with Crippen LogP contribution in [0.2, 0.25) is 0 Å². The fourth-order valence-electron chi connectivity index (χ4n) is 0.927. The summed E-state index contributed by atoms with van der Waals surface area (Å²) in [6.45, 7) is 1.83. The third-order valence-corrected chi connectivity index (χ3v) is 1.56. The largest absolute Gasteiger partial charge is 0.389 e. The van der Waals surface area contributed by atoms with E-state index >= 15 is 0 Å². The molecule has 50 valence electrons. The molecule has 9 heavy (non-hydrogen) atoms. The quantitative estimate of drug-likeness (QED) is 0.513. The van der Waals surface area contributed by atoms with Gasteiger partial charge in [0, 0.05) is 5.92 Å². The molecule has 0 amide bonds. The van der Waals surface area contributed by atoms with E-state index in [9.17, 15) is 4.79 Å². The molecule has 0 aromatic rings. The Balaban J connectivity index is 2.65. The maximum atomic E-state index is 10.7. The summed E-state index contributed by atoms with van der Waals surface area (Å²) in [4.78, 5) is 10.7. The summed E-state index contributed by atoms with van der Waals surface area (Å²) in [6.07, 6.45) is 3.17. The molecular formula is C7H10O2. The SMILES string of the molecule is C[C@@H]1C[C@@H](O)C=CC1=O. The van der Waals surface area contributed by atoms with Crippen LogP contribution in [0.1, 0.15) is 13.3 Å². The molecule has 0 saturated carbocycles. The molecule has 0 aromatic heterocycles. The highest BCUT2D eigenvalue weighted by Gasteiger charge is 2.17. The van der Waals surface area contributed by atoms with Crippen LogP contribution in [0, 0.1) is 5.92 Å². The van der Waals surface area contributed by atoms with Crippen LogP contribution in [0.4, 0.5) is 0 Å². The minimum Gasteiger partial charge on any atom is -0.389 e. The van der Waals surface area contributed by atoms with Gasteiger partial charge in [-0.3, -0.25) is 4.79 Å². The normalized spacial score (nSPS) is 35.1. The number of hydrogen-bond acceptors (Lipinski definition) is 2. The summed E-state index contributed by atoms with van der Waals surface area (Å²) in [5.41, 5.74) is 0. The van der Waals surface area contributed by atoms with Gasteiger partial charge in [0.05, 0.1) is 6.10 Å². The number of hydrogen-bond donors (Lipinski definition) is 1. The van der Waals surface area contributed by atoms with Gasteiger partial charge in [-0.15, -0.1) is 0 Å². The maximum Gasteiger partial charge on any atom is 0.158 e. The fraction of sp³-hybridized carbons (Fsp3) is 0.571. The average Bonchev–Trinajstić information content (AvgIpc) is 1.80. The molecule has 0 spiro atoms. The van der Waals surface area contributed by atoms with E-state index in [1.54, 1.807) is 6.08 Å². The van der Waals surface area contributed by atoms with Crippen molar-refractivity contribution in [1.82, 2.24) is 0 Å². The lowest BCUT2D eigenvalue weighted by atomic mass is 9.93. The van der Waals surface area contributed by atoms with E-state index in [2.05, 4.69) is 0 Å². The number of allylic oxidation sites excluding steroid dienone is 1. The van der Waals surface area contributed by atoms with Gasteiger partial charge in [0.2, 0.25) is 0 Å². The minimum absolute atomic E-state index is 0.00463. The topological polar surface area (TPSA) is 37.3 Å². The van der Waals surface area contributed by atoms with Crippen LogP contribution in [-0.2, 0) is 4.79 Å². The van der Waals surface area contributed by atoms with E-state index in [1.165, 1.54) is 6.08 Å². The Morgan fingerprint density at radius 1 is 1.78 bits per heavy atom. The first kappa shape index (κ1) is 6.49. The van der Waals surface area contributed by atoms with Crippen molar-refractivity contribution in [3.63, 3.8) is 0 Å². The zero-order chi connectivity index (χ0) is 6.85. The lowest BCUT2D eigenvalue weighted by Gasteiger charge is -2.14. The molecule has 1 aliphatic carbocycles. The molecule has 1 rings (SSSR count). The van der Waals surface area contributed by atoms with Crippen LogP contribution >= 0.6 is 0 Å². The van der Waals surface area contributed by atoms with Crippen LogP contribution in [-0.4, -0.2) is 17.0 Å². The lowest BCUT2D eigenvalue weighted by molar-refractivity contribution is -0.119. The third-order valence-electron chi connectivity index (χ3n) is 1.56. The molecule has 0 radical (unpaired) electrons. The van der Waals surface area contributed by atoms with E-state index in [0.29, 0.717) is 6.42 Å². The predicted octanol–water partition coefficient (Wildman–Crippen LogP) is 0.512. The minimum atomic E-state index is -0.405. The van der Waals surface area contributed by atoms with Gasteiger partial charge in [0.25, 0.3) is 0 Å². The molecule has 0 unspecified atom stereocenters. The first-order valence-corrected chi connectivity index (χ1v) is 3.10. The fourth-order valence-corrected chi connectivity index (χ4v) is 0.927. The van der Waals surface area contributed by atoms with Gasteiger partial charge < -0.3 is 5.11 Å². The first-order valence-electron chi connectivity index (χ1n) is 3.10. The van der Waals surface area contributed by atoms with Crippen LogP contribution in [0.25, 0.3) is 0 Å². The van der Waals surface area contributed by atoms with Gasteiger partial charge in [0.1, 0.15) is 0 Å². The van der Waals surface area contributed by atoms with E-state index < -0.39 is 6.10 Å². The van der Waals surface area contributed by atoms with Gasteiger partial charge in [-0.2, -0.15) is 0 Å². The highest BCUT2D eigenvalue weighted by atomic mass is 16.3. The highest BCUT2D eigenvalue weighted by molar-refractivity contribution is 5.92. The Morgan fingerprint density at radius 3 is 2.89 bits per heavy atom. The molecule has 1 aliphatic rings. The molecule has 0 saturated heterocycles. The second-order valence-electron chi connectivity index (χ2n) is 2.47. The van der Waals surface area contributed by atoms with Gasteiger partial charge >= 0.3 is 0 Å². The summed E-state index contributed by atoms with van der Waals surface area (Å²) >= 11 is 0. The number of rotatable bonds is 0. The highest BCUT2D eigenvalue weighted by Crippen LogP contribution is 2.13. The average molecular weight is 126 g/mol. The Hall–Kier alpha value is -0.630. The molecule has 2 atom stereocenters. The Kier molecular flexibility index (Phi) is 1.67. The zero-order valence-electron chi connectivity index (χ0n) is 5.37. The standard InChI is InChI=1S/C7H10O2/c1-5-4-6(8)2-3-7(5)9/h2-3,5-6,8H,4H2,1H3/t5-,6+/m1/s1. The molecule has 0 bridgehead atoms. The third kappa shape index (κ3) is 1.39. The molecule has 2 heteroatoms. The zero-order valence-corrected chi connectivity index (χ0v) is 5.37. The molecule has 0 aromatic carbocycles. The van der Waals surface area contributed by atoms with Gasteiger partial charge in [-0.1, -0.05) is 13.0 Å². The second-order valence-corrected chi connectivity index (χ2v) is 2.47.